The quantitative estimate of drug-likeness (QED) is 0.845. The van der Waals surface area contributed by atoms with Crippen LogP contribution < -0.4 is 9.64 Å². The van der Waals surface area contributed by atoms with Gasteiger partial charge in [-0.15, -0.1) is 0 Å². The Bertz CT molecular complexity index is 738. The van der Waals surface area contributed by atoms with Crippen LogP contribution in [0.5, 0.6) is 5.75 Å². The van der Waals surface area contributed by atoms with Gasteiger partial charge in [-0.2, -0.15) is 0 Å². The lowest BCUT2D eigenvalue weighted by atomic mass is 9.77. The number of aryl methyl sites for hydroxylation is 1. The van der Waals surface area contributed by atoms with Gasteiger partial charge >= 0.3 is 0 Å². The van der Waals surface area contributed by atoms with Gasteiger partial charge in [0.25, 0.3) is 0 Å². The molecule has 0 saturated carbocycles. The molecule has 2 saturated heterocycles. The summed E-state index contributed by atoms with van der Waals surface area (Å²) < 4.78 is 5.35. The smallest absolute Gasteiger partial charge is 0.225 e. The van der Waals surface area contributed by atoms with Gasteiger partial charge in [0.15, 0.2) is 0 Å². The zero-order chi connectivity index (χ0) is 18.0. The van der Waals surface area contributed by atoms with E-state index in [0.29, 0.717) is 5.41 Å². The molecule has 0 atom stereocenters. The summed E-state index contributed by atoms with van der Waals surface area (Å²) in [6.07, 6.45) is 7.63. The van der Waals surface area contributed by atoms with Crippen molar-refractivity contribution in [3.8, 4) is 5.75 Å². The molecule has 0 unspecified atom stereocenters. The minimum Gasteiger partial charge on any atom is -0.497 e. The molecule has 5 nitrogen and oxygen atoms in total. The van der Waals surface area contributed by atoms with Gasteiger partial charge in [0, 0.05) is 32.0 Å². The Hall–Kier alpha value is -2.14. The van der Waals surface area contributed by atoms with Crippen LogP contribution in [0.15, 0.2) is 36.7 Å². The van der Waals surface area contributed by atoms with Crippen molar-refractivity contribution in [2.24, 2.45) is 5.41 Å². The Kier molecular flexibility index (Phi) is 4.81. The number of ether oxygens (including phenoxy) is 1. The van der Waals surface area contributed by atoms with Gasteiger partial charge in [0.1, 0.15) is 5.75 Å². The molecule has 1 spiro atoms. The zero-order valence-corrected chi connectivity index (χ0v) is 15.8. The van der Waals surface area contributed by atoms with Crippen LogP contribution in [-0.2, 0) is 6.54 Å². The first-order valence-corrected chi connectivity index (χ1v) is 9.55. The monoisotopic (exact) mass is 352 g/mol. The Morgan fingerprint density at radius 2 is 1.81 bits per heavy atom. The maximum atomic E-state index is 5.35. The predicted octanol–water partition coefficient (Wildman–Crippen LogP) is 3.29. The molecule has 4 rings (SSSR count). The summed E-state index contributed by atoms with van der Waals surface area (Å²) in [7, 11) is 1.73. The molecule has 2 aromatic rings. The lowest BCUT2D eigenvalue weighted by molar-refractivity contribution is 0.115. The van der Waals surface area contributed by atoms with Crippen LogP contribution in [0.25, 0.3) is 0 Å². The van der Waals surface area contributed by atoms with E-state index in [4.69, 9.17) is 4.74 Å². The molecular weight excluding hydrogens is 324 g/mol. The van der Waals surface area contributed by atoms with Gasteiger partial charge in [-0.3, -0.25) is 4.90 Å². The lowest BCUT2D eigenvalue weighted by Gasteiger charge is -2.39. The summed E-state index contributed by atoms with van der Waals surface area (Å²) in [5.74, 6) is 1.84. The number of likely N-dealkylation sites (tertiary alicyclic amines) is 1. The highest BCUT2D eigenvalue weighted by molar-refractivity contribution is 5.33. The van der Waals surface area contributed by atoms with E-state index in [1.807, 2.05) is 25.4 Å². The second kappa shape index (κ2) is 7.23. The summed E-state index contributed by atoms with van der Waals surface area (Å²) in [5.41, 5.74) is 2.90. The van der Waals surface area contributed by atoms with E-state index in [2.05, 4.69) is 38.0 Å². The number of anilines is 1. The third-order valence-electron chi connectivity index (χ3n) is 5.95. The molecule has 0 amide bonds. The second-order valence-electron chi connectivity index (χ2n) is 7.86. The molecule has 2 aliphatic heterocycles. The van der Waals surface area contributed by atoms with Gasteiger partial charge in [0.2, 0.25) is 5.95 Å². The Morgan fingerprint density at radius 3 is 2.54 bits per heavy atom. The number of hydrogen-bond acceptors (Lipinski definition) is 5. The lowest BCUT2D eigenvalue weighted by Crippen LogP contribution is -2.41. The standard InChI is InChI=1S/C21H28N4O/c1-17-13-22-20(23-14-17)25-11-8-21(16-25)6-9-24(10-7-21)15-18-4-3-5-19(12-18)26-2/h3-5,12-14H,6-11,15-16H2,1-2H3. The summed E-state index contributed by atoms with van der Waals surface area (Å²) >= 11 is 0. The summed E-state index contributed by atoms with van der Waals surface area (Å²) in [4.78, 5) is 14.0. The van der Waals surface area contributed by atoms with Crippen molar-refractivity contribution in [1.82, 2.24) is 14.9 Å². The topological polar surface area (TPSA) is 41.5 Å². The maximum Gasteiger partial charge on any atom is 0.225 e. The van der Waals surface area contributed by atoms with Crippen LogP contribution in [0.3, 0.4) is 0 Å². The molecular formula is C21H28N4O. The normalized spacial score (nSPS) is 19.8. The van der Waals surface area contributed by atoms with E-state index in [0.717, 1.165) is 36.9 Å². The van der Waals surface area contributed by atoms with E-state index in [1.54, 1.807) is 7.11 Å². The fourth-order valence-electron chi connectivity index (χ4n) is 4.28. The van der Waals surface area contributed by atoms with Crippen molar-refractivity contribution in [1.29, 1.82) is 0 Å². The fourth-order valence-corrected chi connectivity index (χ4v) is 4.28. The van der Waals surface area contributed by atoms with Crippen molar-refractivity contribution in [2.75, 3.05) is 38.2 Å². The molecule has 2 fully saturated rings. The number of hydrogen-bond donors (Lipinski definition) is 0. The van der Waals surface area contributed by atoms with Crippen LogP contribution in [0, 0.1) is 12.3 Å². The van der Waals surface area contributed by atoms with Gasteiger partial charge in [-0.25, -0.2) is 9.97 Å². The third kappa shape index (κ3) is 3.68. The highest BCUT2D eigenvalue weighted by atomic mass is 16.5. The fraction of sp³-hybridized carbons (Fsp3) is 0.524. The van der Waals surface area contributed by atoms with Crippen molar-refractivity contribution >= 4 is 5.95 Å². The molecule has 2 aliphatic rings. The Balaban J connectivity index is 1.34. The summed E-state index contributed by atoms with van der Waals surface area (Å²) in [6, 6.07) is 8.43. The van der Waals surface area contributed by atoms with Crippen LogP contribution in [0.1, 0.15) is 30.4 Å². The largest absolute Gasteiger partial charge is 0.497 e. The Morgan fingerprint density at radius 1 is 1.08 bits per heavy atom. The number of aromatic nitrogens is 2. The Labute approximate surface area is 156 Å². The molecule has 5 heteroatoms. The van der Waals surface area contributed by atoms with Crippen LogP contribution in [-0.4, -0.2) is 48.2 Å². The summed E-state index contributed by atoms with van der Waals surface area (Å²) in [5, 5.41) is 0. The van der Waals surface area contributed by atoms with Gasteiger partial charge in [0.05, 0.1) is 7.11 Å². The highest BCUT2D eigenvalue weighted by Gasteiger charge is 2.41. The van der Waals surface area contributed by atoms with E-state index >= 15 is 0 Å². The minimum absolute atomic E-state index is 0.444. The number of methoxy groups -OCH3 is 1. The average Bonchev–Trinajstić information content (AvgIpc) is 3.08. The van der Waals surface area contributed by atoms with Crippen LogP contribution in [0.4, 0.5) is 5.95 Å². The first kappa shape index (κ1) is 17.3. The van der Waals surface area contributed by atoms with E-state index in [-0.39, 0.29) is 0 Å². The predicted molar refractivity (Wildman–Crippen MR) is 104 cm³/mol. The number of rotatable bonds is 4. The first-order chi connectivity index (χ1) is 12.7. The summed E-state index contributed by atoms with van der Waals surface area (Å²) in [6.45, 7) is 7.56. The molecule has 0 bridgehead atoms. The second-order valence-corrected chi connectivity index (χ2v) is 7.86. The van der Waals surface area contributed by atoms with Crippen molar-refractivity contribution < 1.29 is 4.74 Å². The van der Waals surface area contributed by atoms with Crippen molar-refractivity contribution in [3.63, 3.8) is 0 Å². The number of piperidine rings is 1. The third-order valence-corrected chi connectivity index (χ3v) is 5.95. The van der Waals surface area contributed by atoms with Crippen molar-refractivity contribution in [2.45, 2.75) is 32.7 Å². The van der Waals surface area contributed by atoms with Gasteiger partial charge in [-0.05, 0) is 68.0 Å². The van der Waals surface area contributed by atoms with E-state index < -0.39 is 0 Å². The maximum absolute atomic E-state index is 5.35. The highest BCUT2D eigenvalue weighted by Crippen LogP contribution is 2.41. The molecule has 138 valence electrons. The molecule has 0 N–H and O–H groups in total. The molecule has 0 aliphatic carbocycles. The molecule has 3 heterocycles. The average molecular weight is 352 g/mol. The first-order valence-electron chi connectivity index (χ1n) is 9.55. The van der Waals surface area contributed by atoms with Gasteiger partial charge in [-0.1, -0.05) is 12.1 Å². The van der Waals surface area contributed by atoms with E-state index in [9.17, 15) is 0 Å². The molecule has 1 aromatic carbocycles. The molecule has 26 heavy (non-hydrogen) atoms. The zero-order valence-electron chi connectivity index (χ0n) is 15.8. The number of benzene rings is 1. The van der Waals surface area contributed by atoms with E-state index in [1.165, 1.54) is 37.9 Å². The SMILES string of the molecule is COc1cccc(CN2CCC3(CC2)CCN(c2ncc(C)cn2)C3)c1. The van der Waals surface area contributed by atoms with Crippen molar-refractivity contribution in [3.05, 3.63) is 47.8 Å². The number of nitrogens with zero attached hydrogens (tertiary/aromatic N) is 4. The van der Waals surface area contributed by atoms with Gasteiger partial charge < -0.3 is 9.64 Å². The van der Waals surface area contributed by atoms with Crippen LogP contribution >= 0.6 is 0 Å². The molecule has 1 aromatic heterocycles. The minimum atomic E-state index is 0.444. The molecule has 0 radical (unpaired) electrons. The van der Waals surface area contributed by atoms with Crippen LogP contribution in [0.2, 0.25) is 0 Å².